The number of hydrogen-bond donors (Lipinski definition) is 1. The Labute approximate surface area is 216 Å². The van der Waals surface area contributed by atoms with Gasteiger partial charge in [0.15, 0.2) is 5.16 Å². The fourth-order valence-electron chi connectivity index (χ4n) is 4.76. The normalized spacial score (nSPS) is 14.9. The molecule has 1 aliphatic heterocycles. The SMILES string of the molecule is CN1CCN(CCc2cn(Cc3cccc4ccccc34)c(SCc3ccccc3C(=O)O)n2)CC1. The zero-order chi connectivity index (χ0) is 24.9. The van der Waals surface area contributed by atoms with Gasteiger partial charge in [-0.25, -0.2) is 9.78 Å². The first kappa shape index (κ1) is 24.6. The van der Waals surface area contributed by atoms with Crippen LogP contribution in [0.25, 0.3) is 10.8 Å². The number of carboxylic acid groups (broad SMARTS) is 1. The van der Waals surface area contributed by atoms with Crippen molar-refractivity contribution >= 4 is 28.5 Å². The molecule has 1 aromatic heterocycles. The van der Waals surface area contributed by atoms with Gasteiger partial charge in [-0.2, -0.15) is 0 Å². The van der Waals surface area contributed by atoms with Crippen molar-refractivity contribution in [2.75, 3.05) is 39.8 Å². The molecule has 3 aromatic carbocycles. The van der Waals surface area contributed by atoms with Crippen LogP contribution in [-0.2, 0) is 18.7 Å². The highest BCUT2D eigenvalue weighted by Gasteiger charge is 2.17. The molecule has 1 saturated heterocycles. The number of imidazole rings is 1. The first-order chi connectivity index (χ1) is 17.6. The molecule has 7 heteroatoms. The number of likely N-dealkylation sites (N-methyl/N-ethyl adjacent to an activating group) is 1. The van der Waals surface area contributed by atoms with Crippen molar-refractivity contribution in [3.05, 3.63) is 95.3 Å². The molecule has 6 nitrogen and oxygen atoms in total. The highest BCUT2D eigenvalue weighted by Crippen LogP contribution is 2.27. The molecule has 0 bridgehead atoms. The van der Waals surface area contributed by atoms with Crippen LogP contribution >= 0.6 is 11.8 Å². The minimum Gasteiger partial charge on any atom is -0.478 e. The quantitative estimate of drug-likeness (QED) is 0.331. The van der Waals surface area contributed by atoms with E-state index in [9.17, 15) is 9.90 Å². The summed E-state index contributed by atoms with van der Waals surface area (Å²) in [5, 5.41) is 13.0. The van der Waals surface area contributed by atoms with Gasteiger partial charge in [-0.15, -0.1) is 0 Å². The van der Waals surface area contributed by atoms with Gasteiger partial charge in [0.1, 0.15) is 0 Å². The summed E-state index contributed by atoms with van der Waals surface area (Å²) in [6.07, 6.45) is 3.09. The lowest BCUT2D eigenvalue weighted by molar-refractivity contribution is 0.0696. The predicted molar refractivity (Wildman–Crippen MR) is 146 cm³/mol. The molecule has 0 radical (unpaired) electrons. The number of benzene rings is 3. The maximum atomic E-state index is 11.7. The van der Waals surface area contributed by atoms with Crippen molar-refractivity contribution in [1.29, 1.82) is 0 Å². The third-order valence-corrected chi connectivity index (χ3v) is 7.93. The largest absolute Gasteiger partial charge is 0.478 e. The second-order valence-corrected chi connectivity index (χ2v) is 10.4. The van der Waals surface area contributed by atoms with Gasteiger partial charge < -0.3 is 19.5 Å². The minimum atomic E-state index is -0.891. The van der Waals surface area contributed by atoms with Crippen molar-refractivity contribution in [3.63, 3.8) is 0 Å². The molecule has 36 heavy (non-hydrogen) atoms. The average molecular weight is 501 g/mol. The van der Waals surface area contributed by atoms with Gasteiger partial charge in [0.25, 0.3) is 0 Å². The monoisotopic (exact) mass is 500 g/mol. The Hall–Kier alpha value is -3.13. The van der Waals surface area contributed by atoms with Crippen LogP contribution in [0.1, 0.15) is 27.2 Å². The summed E-state index contributed by atoms with van der Waals surface area (Å²) >= 11 is 1.61. The summed E-state index contributed by atoms with van der Waals surface area (Å²) in [5.41, 5.74) is 3.51. The van der Waals surface area contributed by atoms with Crippen molar-refractivity contribution in [3.8, 4) is 0 Å². The highest BCUT2D eigenvalue weighted by molar-refractivity contribution is 7.98. The molecule has 5 rings (SSSR count). The maximum Gasteiger partial charge on any atom is 0.335 e. The van der Waals surface area contributed by atoms with Crippen molar-refractivity contribution in [1.82, 2.24) is 19.4 Å². The van der Waals surface area contributed by atoms with Crippen LogP contribution < -0.4 is 0 Å². The van der Waals surface area contributed by atoms with E-state index in [1.165, 1.54) is 16.3 Å². The lowest BCUT2D eigenvalue weighted by atomic mass is 10.0. The van der Waals surface area contributed by atoms with E-state index < -0.39 is 5.97 Å². The number of aromatic carboxylic acids is 1. The van der Waals surface area contributed by atoms with Crippen LogP contribution in [0.3, 0.4) is 0 Å². The number of thioether (sulfide) groups is 1. The Kier molecular flexibility index (Phi) is 7.70. The summed E-state index contributed by atoms with van der Waals surface area (Å²) in [5.74, 6) is -0.328. The van der Waals surface area contributed by atoms with E-state index in [1.807, 2.05) is 12.1 Å². The fraction of sp³-hybridized carbons (Fsp3) is 0.310. The molecule has 2 heterocycles. The van der Waals surface area contributed by atoms with E-state index in [-0.39, 0.29) is 0 Å². The Morgan fingerprint density at radius 2 is 1.67 bits per heavy atom. The van der Waals surface area contributed by atoms with Gasteiger partial charge in [-0.1, -0.05) is 72.4 Å². The van der Waals surface area contributed by atoms with Crippen LogP contribution in [0.15, 0.2) is 78.1 Å². The highest BCUT2D eigenvalue weighted by atomic mass is 32.2. The molecule has 0 amide bonds. The third-order valence-electron chi connectivity index (χ3n) is 6.90. The molecule has 0 spiro atoms. The lowest BCUT2D eigenvalue weighted by Gasteiger charge is -2.32. The minimum absolute atomic E-state index is 0.354. The predicted octanol–water partition coefficient (Wildman–Crippen LogP) is 4.87. The zero-order valence-electron chi connectivity index (χ0n) is 20.6. The Bertz CT molecular complexity index is 1340. The first-order valence-corrected chi connectivity index (χ1v) is 13.4. The van der Waals surface area contributed by atoms with Crippen molar-refractivity contribution in [2.45, 2.75) is 23.9 Å². The van der Waals surface area contributed by atoms with E-state index in [0.29, 0.717) is 11.3 Å². The number of fused-ring (bicyclic) bond motifs is 1. The molecule has 186 valence electrons. The van der Waals surface area contributed by atoms with Gasteiger partial charge in [-0.05, 0) is 35.0 Å². The molecular weight excluding hydrogens is 468 g/mol. The van der Waals surface area contributed by atoms with Crippen LogP contribution in [0, 0.1) is 0 Å². The summed E-state index contributed by atoms with van der Waals surface area (Å²) in [6, 6.07) is 22.1. The Morgan fingerprint density at radius 1 is 0.944 bits per heavy atom. The fourth-order valence-corrected chi connectivity index (χ4v) is 5.76. The van der Waals surface area contributed by atoms with E-state index in [1.54, 1.807) is 23.9 Å². The van der Waals surface area contributed by atoms with E-state index in [0.717, 1.165) is 62.1 Å². The first-order valence-electron chi connectivity index (χ1n) is 12.4. The van der Waals surface area contributed by atoms with Gasteiger partial charge in [0, 0.05) is 51.1 Å². The summed E-state index contributed by atoms with van der Waals surface area (Å²) < 4.78 is 2.23. The molecule has 0 aliphatic carbocycles. The topological polar surface area (TPSA) is 61.6 Å². The third kappa shape index (κ3) is 5.81. The van der Waals surface area contributed by atoms with Gasteiger partial charge in [0.2, 0.25) is 0 Å². The molecule has 0 atom stereocenters. The summed E-state index contributed by atoms with van der Waals surface area (Å²) in [6.45, 7) is 6.15. The maximum absolute atomic E-state index is 11.7. The molecule has 1 fully saturated rings. The van der Waals surface area contributed by atoms with Crippen molar-refractivity contribution in [2.24, 2.45) is 0 Å². The molecular formula is C29H32N4O2S. The number of carboxylic acids is 1. The number of rotatable bonds is 9. The molecule has 1 N–H and O–H groups in total. The molecule has 4 aromatic rings. The summed E-state index contributed by atoms with van der Waals surface area (Å²) in [4.78, 5) is 21.6. The van der Waals surface area contributed by atoms with Crippen LogP contribution in [0.5, 0.6) is 0 Å². The smallest absolute Gasteiger partial charge is 0.335 e. The van der Waals surface area contributed by atoms with Gasteiger partial charge >= 0.3 is 5.97 Å². The van der Waals surface area contributed by atoms with E-state index in [4.69, 9.17) is 4.98 Å². The lowest BCUT2D eigenvalue weighted by Crippen LogP contribution is -2.45. The number of piperazine rings is 1. The number of carbonyl (C=O) groups is 1. The zero-order valence-corrected chi connectivity index (χ0v) is 21.5. The number of nitrogens with zero attached hydrogens (tertiary/aromatic N) is 4. The molecule has 0 saturated carbocycles. The second kappa shape index (κ2) is 11.3. The molecule has 0 unspecified atom stereocenters. The van der Waals surface area contributed by atoms with Crippen molar-refractivity contribution < 1.29 is 9.90 Å². The Balaban J connectivity index is 1.38. The van der Waals surface area contributed by atoms with E-state index >= 15 is 0 Å². The van der Waals surface area contributed by atoms with Gasteiger partial charge in [-0.3, -0.25) is 0 Å². The standard InChI is InChI=1S/C29H32N4O2S/c1-31-15-17-32(18-16-31)14-13-25-20-33(19-23-10-6-9-22-7-2-4-11-26(22)23)29(30-25)36-21-24-8-3-5-12-27(24)28(34)35/h2-12,20H,13-19,21H2,1H3,(H,34,35). The van der Waals surface area contributed by atoms with Crippen LogP contribution in [-0.4, -0.2) is 70.2 Å². The number of hydrogen-bond acceptors (Lipinski definition) is 5. The Morgan fingerprint density at radius 3 is 2.50 bits per heavy atom. The van der Waals surface area contributed by atoms with Crippen LogP contribution in [0.4, 0.5) is 0 Å². The second-order valence-electron chi connectivity index (χ2n) is 9.43. The average Bonchev–Trinajstić information content (AvgIpc) is 3.29. The summed E-state index contributed by atoms with van der Waals surface area (Å²) in [7, 11) is 2.18. The number of aromatic nitrogens is 2. The van der Waals surface area contributed by atoms with E-state index in [2.05, 4.69) is 70.1 Å². The van der Waals surface area contributed by atoms with Crippen LogP contribution in [0.2, 0.25) is 0 Å². The van der Waals surface area contributed by atoms with Gasteiger partial charge in [0.05, 0.1) is 17.8 Å². The molecule has 1 aliphatic rings.